The topological polar surface area (TPSA) is 56.0 Å². The first kappa shape index (κ1) is 10.9. The quantitative estimate of drug-likeness (QED) is 0.861. The number of pyridine rings is 1. The smallest absolute Gasteiger partial charge is 0.149 e. The van der Waals surface area contributed by atoms with Crippen LogP contribution in [0.2, 0.25) is 0 Å². The summed E-state index contributed by atoms with van der Waals surface area (Å²) in [6.07, 6.45) is 6.79. The van der Waals surface area contributed by atoms with Crippen LogP contribution in [0.3, 0.4) is 0 Å². The Morgan fingerprint density at radius 2 is 2.35 bits per heavy atom. The highest BCUT2D eigenvalue weighted by Gasteiger charge is 2.47. The van der Waals surface area contributed by atoms with Gasteiger partial charge in [0.1, 0.15) is 5.78 Å². The summed E-state index contributed by atoms with van der Waals surface area (Å²) in [5.74, 6) is 0.360. The maximum Gasteiger partial charge on any atom is 0.149 e. The maximum absolute atomic E-state index is 12.6. The molecule has 2 N–H and O–H groups in total. The van der Waals surface area contributed by atoms with Crippen molar-refractivity contribution in [2.75, 3.05) is 6.54 Å². The molecule has 0 bridgehead atoms. The number of aryl methyl sites for hydroxylation is 1. The van der Waals surface area contributed by atoms with E-state index < -0.39 is 0 Å². The molecule has 0 radical (unpaired) electrons. The molecule has 0 saturated heterocycles. The third-order valence-corrected chi connectivity index (χ3v) is 4.50. The van der Waals surface area contributed by atoms with Crippen LogP contribution < -0.4 is 5.73 Å². The third-order valence-electron chi connectivity index (χ3n) is 4.50. The predicted molar refractivity (Wildman–Crippen MR) is 65.6 cm³/mol. The van der Waals surface area contributed by atoms with E-state index in [1.807, 2.05) is 6.07 Å². The summed E-state index contributed by atoms with van der Waals surface area (Å²) >= 11 is 0. The van der Waals surface area contributed by atoms with Gasteiger partial charge in [-0.05, 0) is 37.3 Å². The second-order valence-corrected chi connectivity index (χ2v) is 5.34. The lowest BCUT2D eigenvalue weighted by molar-refractivity contribution is -0.134. The minimum atomic E-state index is -0.218. The van der Waals surface area contributed by atoms with Gasteiger partial charge in [0.15, 0.2) is 0 Å². The second-order valence-electron chi connectivity index (χ2n) is 5.34. The van der Waals surface area contributed by atoms with E-state index in [9.17, 15) is 4.79 Å². The highest BCUT2D eigenvalue weighted by atomic mass is 16.1. The normalized spacial score (nSPS) is 25.1. The van der Waals surface area contributed by atoms with Crippen molar-refractivity contribution in [1.82, 2.24) is 4.98 Å². The fraction of sp³-hybridized carbons (Fsp3) is 0.571. The summed E-state index contributed by atoms with van der Waals surface area (Å²) in [5, 5.41) is 0. The summed E-state index contributed by atoms with van der Waals surface area (Å²) in [7, 11) is 0. The molecule has 2 aliphatic carbocycles. The minimum absolute atomic E-state index is 0.00931. The van der Waals surface area contributed by atoms with Gasteiger partial charge in [-0.25, -0.2) is 0 Å². The number of ketones is 1. The van der Waals surface area contributed by atoms with Gasteiger partial charge in [0, 0.05) is 18.2 Å². The summed E-state index contributed by atoms with van der Waals surface area (Å²) in [6, 6.07) is 4.04. The van der Waals surface area contributed by atoms with Gasteiger partial charge >= 0.3 is 0 Å². The number of hydrogen-bond acceptors (Lipinski definition) is 3. The Morgan fingerprint density at radius 3 is 3.00 bits per heavy atom. The van der Waals surface area contributed by atoms with Crippen LogP contribution in [-0.2, 0) is 11.2 Å². The van der Waals surface area contributed by atoms with Gasteiger partial charge in [0.25, 0.3) is 0 Å². The third kappa shape index (κ3) is 1.53. The average Bonchev–Trinajstić information content (AvgIpc) is 2.71. The molecule has 1 aromatic heterocycles. The molecule has 17 heavy (non-hydrogen) atoms. The van der Waals surface area contributed by atoms with E-state index in [-0.39, 0.29) is 11.3 Å². The molecule has 0 spiro atoms. The van der Waals surface area contributed by atoms with Gasteiger partial charge in [-0.1, -0.05) is 12.5 Å². The molecule has 1 aromatic rings. The van der Waals surface area contributed by atoms with E-state index in [2.05, 4.69) is 11.1 Å². The number of nitrogens with two attached hydrogens (primary N) is 1. The van der Waals surface area contributed by atoms with Crippen LogP contribution in [0.5, 0.6) is 0 Å². The van der Waals surface area contributed by atoms with E-state index in [1.165, 1.54) is 5.56 Å². The maximum atomic E-state index is 12.6. The van der Waals surface area contributed by atoms with Crippen molar-refractivity contribution in [3.8, 4) is 0 Å². The fourth-order valence-electron chi connectivity index (χ4n) is 3.19. The van der Waals surface area contributed by atoms with Crippen LogP contribution in [0.1, 0.15) is 42.9 Å². The van der Waals surface area contributed by atoms with Crippen LogP contribution in [0.4, 0.5) is 0 Å². The number of rotatable bonds is 3. The molecule has 1 fully saturated rings. The number of fused-ring (bicyclic) bond motifs is 1. The van der Waals surface area contributed by atoms with E-state index in [0.717, 1.165) is 37.8 Å². The van der Waals surface area contributed by atoms with E-state index >= 15 is 0 Å². The van der Waals surface area contributed by atoms with Crippen molar-refractivity contribution in [3.63, 3.8) is 0 Å². The van der Waals surface area contributed by atoms with Crippen LogP contribution in [0, 0.1) is 5.41 Å². The molecule has 3 nitrogen and oxygen atoms in total. The van der Waals surface area contributed by atoms with E-state index in [4.69, 9.17) is 5.73 Å². The summed E-state index contributed by atoms with van der Waals surface area (Å²) < 4.78 is 0. The van der Waals surface area contributed by atoms with Gasteiger partial charge in [-0.2, -0.15) is 0 Å². The predicted octanol–water partition coefficient (Wildman–Crippen LogP) is 1.81. The number of Topliss-reactive ketones (excluding diaryl/α,β-unsaturated/α-hetero) is 1. The summed E-state index contributed by atoms with van der Waals surface area (Å²) in [6.45, 7) is 0.504. The van der Waals surface area contributed by atoms with Crippen molar-refractivity contribution in [1.29, 1.82) is 0 Å². The molecule has 1 atom stereocenters. The fourth-order valence-corrected chi connectivity index (χ4v) is 3.19. The van der Waals surface area contributed by atoms with Gasteiger partial charge < -0.3 is 5.73 Å². The number of aromatic nitrogens is 1. The molecular formula is C14H18N2O. The van der Waals surface area contributed by atoms with E-state index in [1.54, 1.807) is 6.20 Å². The highest BCUT2D eigenvalue weighted by molar-refractivity contribution is 5.92. The van der Waals surface area contributed by atoms with Gasteiger partial charge in [0.05, 0.1) is 11.6 Å². The standard InChI is InChI=1S/C14H18N2O/c15-9-14(6-2-7-14)13(17)11-5-4-10-3-1-8-16-12(10)11/h1,3,8,11H,2,4-7,9,15H2. The van der Waals surface area contributed by atoms with Crippen LogP contribution >= 0.6 is 0 Å². The molecule has 0 aliphatic heterocycles. The largest absolute Gasteiger partial charge is 0.329 e. The Morgan fingerprint density at radius 1 is 1.53 bits per heavy atom. The van der Waals surface area contributed by atoms with E-state index in [0.29, 0.717) is 12.3 Å². The van der Waals surface area contributed by atoms with Gasteiger partial charge in [0.2, 0.25) is 0 Å². The highest BCUT2D eigenvalue weighted by Crippen LogP contribution is 2.46. The Kier molecular flexibility index (Phi) is 2.51. The lowest BCUT2D eigenvalue weighted by atomic mass is 9.63. The van der Waals surface area contributed by atoms with Crippen molar-refractivity contribution in [3.05, 3.63) is 29.6 Å². The zero-order chi connectivity index (χ0) is 11.9. The molecule has 0 amide bonds. The van der Waals surface area contributed by atoms with Gasteiger partial charge in [-0.15, -0.1) is 0 Å². The average molecular weight is 230 g/mol. The molecule has 3 heteroatoms. The molecule has 90 valence electrons. The molecule has 1 saturated carbocycles. The Balaban J connectivity index is 1.89. The van der Waals surface area contributed by atoms with Crippen LogP contribution in [-0.4, -0.2) is 17.3 Å². The second kappa shape index (κ2) is 3.91. The first-order valence-corrected chi connectivity index (χ1v) is 6.45. The van der Waals surface area contributed by atoms with Gasteiger partial charge in [-0.3, -0.25) is 9.78 Å². The number of carbonyl (C=O) groups excluding carboxylic acids is 1. The Hall–Kier alpha value is -1.22. The van der Waals surface area contributed by atoms with Crippen molar-refractivity contribution >= 4 is 5.78 Å². The molecule has 2 aliphatic rings. The van der Waals surface area contributed by atoms with Crippen molar-refractivity contribution < 1.29 is 4.79 Å². The zero-order valence-electron chi connectivity index (χ0n) is 9.98. The van der Waals surface area contributed by atoms with Crippen LogP contribution in [0.25, 0.3) is 0 Å². The van der Waals surface area contributed by atoms with Crippen LogP contribution in [0.15, 0.2) is 18.3 Å². The van der Waals surface area contributed by atoms with Crippen molar-refractivity contribution in [2.45, 2.75) is 38.0 Å². The van der Waals surface area contributed by atoms with Crippen molar-refractivity contribution in [2.24, 2.45) is 11.1 Å². The Labute approximate surface area is 101 Å². The number of hydrogen-bond donors (Lipinski definition) is 1. The lowest BCUT2D eigenvalue weighted by Gasteiger charge is -2.41. The monoisotopic (exact) mass is 230 g/mol. The molecule has 1 unspecified atom stereocenters. The molecule has 3 rings (SSSR count). The number of nitrogens with zero attached hydrogens (tertiary/aromatic N) is 1. The molecule has 1 heterocycles. The zero-order valence-corrected chi connectivity index (χ0v) is 9.98. The lowest BCUT2D eigenvalue weighted by Crippen LogP contribution is -2.46. The first-order chi connectivity index (χ1) is 8.27. The summed E-state index contributed by atoms with van der Waals surface area (Å²) in [5.41, 5.74) is 7.86. The Bertz CT molecular complexity index is 446. The number of carbonyl (C=O) groups is 1. The SMILES string of the molecule is NCC1(C(=O)C2CCc3cccnc32)CCC1. The summed E-state index contributed by atoms with van der Waals surface area (Å²) in [4.78, 5) is 17.0. The molecule has 0 aromatic carbocycles. The first-order valence-electron chi connectivity index (χ1n) is 6.45. The molecular weight excluding hydrogens is 212 g/mol. The minimum Gasteiger partial charge on any atom is -0.329 e.